The summed E-state index contributed by atoms with van der Waals surface area (Å²) in [5.41, 5.74) is 2.98. The Bertz CT molecular complexity index is 1240. The van der Waals surface area contributed by atoms with E-state index in [9.17, 15) is 10.1 Å². The predicted molar refractivity (Wildman–Crippen MR) is 110 cm³/mol. The van der Waals surface area contributed by atoms with Crippen LogP contribution < -0.4 is 4.90 Å². The molecule has 148 valence electrons. The molecule has 1 saturated carbocycles. The molecular formula is C23H20N6O. The second-order valence-electron chi connectivity index (χ2n) is 8.20. The number of fused-ring (bicyclic) bond motifs is 1. The molecule has 0 aromatic carbocycles. The maximum Gasteiger partial charge on any atom is 0.248 e. The Hall–Kier alpha value is -3.71. The van der Waals surface area contributed by atoms with Crippen molar-refractivity contribution in [1.29, 1.82) is 10.5 Å². The van der Waals surface area contributed by atoms with E-state index in [0.717, 1.165) is 35.3 Å². The van der Waals surface area contributed by atoms with Gasteiger partial charge in [-0.1, -0.05) is 13.0 Å². The van der Waals surface area contributed by atoms with Crippen molar-refractivity contribution in [2.75, 3.05) is 11.4 Å². The lowest BCUT2D eigenvalue weighted by molar-refractivity contribution is -0.124. The third-order valence-corrected chi connectivity index (χ3v) is 6.38. The fourth-order valence-electron chi connectivity index (χ4n) is 4.70. The molecule has 30 heavy (non-hydrogen) atoms. The van der Waals surface area contributed by atoms with E-state index in [2.05, 4.69) is 22.2 Å². The van der Waals surface area contributed by atoms with Gasteiger partial charge in [0.15, 0.2) is 0 Å². The van der Waals surface area contributed by atoms with Gasteiger partial charge in [0.25, 0.3) is 0 Å². The maximum atomic E-state index is 13.4. The number of carbonyl (C=O) groups excluding carboxylic acids is 1. The van der Waals surface area contributed by atoms with E-state index < -0.39 is 5.41 Å². The minimum Gasteiger partial charge on any atom is -0.309 e. The topological polar surface area (TPSA) is 98.1 Å². The molecule has 3 aromatic rings. The molecule has 0 spiro atoms. The molecule has 5 rings (SSSR count). The first-order valence-electron chi connectivity index (χ1n) is 10.1. The van der Waals surface area contributed by atoms with Crippen molar-refractivity contribution in [3.63, 3.8) is 0 Å². The van der Waals surface area contributed by atoms with E-state index in [1.165, 1.54) is 0 Å². The zero-order valence-electron chi connectivity index (χ0n) is 16.6. The summed E-state index contributed by atoms with van der Waals surface area (Å²) < 4.78 is 1.74. The lowest BCUT2D eigenvalue weighted by atomic mass is 9.75. The quantitative estimate of drug-likeness (QED) is 0.673. The minimum atomic E-state index is -0.914. The number of rotatable bonds is 4. The van der Waals surface area contributed by atoms with Gasteiger partial charge in [-0.25, -0.2) is 4.52 Å². The zero-order valence-corrected chi connectivity index (χ0v) is 16.6. The molecule has 2 fully saturated rings. The molecule has 1 amide bonds. The molecule has 3 aromatic heterocycles. The molecule has 1 aliphatic heterocycles. The first kappa shape index (κ1) is 18.3. The Morgan fingerprint density at radius 3 is 2.83 bits per heavy atom. The molecule has 7 heteroatoms. The maximum absolute atomic E-state index is 13.4. The van der Waals surface area contributed by atoms with Crippen LogP contribution in [0.15, 0.2) is 42.7 Å². The van der Waals surface area contributed by atoms with Gasteiger partial charge >= 0.3 is 0 Å². The van der Waals surface area contributed by atoms with Crippen LogP contribution in [0, 0.1) is 39.9 Å². The van der Waals surface area contributed by atoms with Gasteiger partial charge in [-0.15, -0.1) is 0 Å². The minimum absolute atomic E-state index is 0.0190. The van der Waals surface area contributed by atoms with Crippen LogP contribution in [0.2, 0.25) is 0 Å². The summed E-state index contributed by atoms with van der Waals surface area (Å²) in [7, 11) is 0. The SMILES string of the molecule is C[C@@H]1CN(c2ccnn3cc(-c4cccc(CC#N)n4)cc23)C(=O)[C@]1(C#N)C1CC1. The molecule has 7 nitrogen and oxygen atoms in total. The average molecular weight is 396 g/mol. The Labute approximate surface area is 174 Å². The standard InChI is InChI=1S/C23H20N6O/c1-15-12-28(22(30)23(15,14-25)17-5-6-17)20-8-10-26-29-13-16(11-21(20)29)19-4-2-3-18(27-19)7-9-24/h2-4,8,10-11,13,15,17H,5-7,12H2,1H3/t15-,23+/m1/s1. The molecule has 1 saturated heterocycles. The van der Waals surface area contributed by atoms with Gasteiger partial charge in [0, 0.05) is 30.4 Å². The Kier molecular flexibility index (Phi) is 4.08. The summed E-state index contributed by atoms with van der Waals surface area (Å²) in [6, 6.07) is 13.9. The number of anilines is 1. The van der Waals surface area contributed by atoms with E-state index in [0.29, 0.717) is 12.2 Å². The van der Waals surface area contributed by atoms with Crippen LogP contribution in [0.5, 0.6) is 0 Å². The van der Waals surface area contributed by atoms with Gasteiger partial charge in [0.1, 0.15) is 5.41 Å². The van der Waals surface area contributed by atoms with Crippen molar-refractivity contribution in [3.05, 3.63) is 48.4 Å². The van der Waals surface area contributed by atoms with Gasteiger partial charge in [-0.2, -0.15) is 15.6 Å². The van der Waals surface area contributed by atoms with E-state index in [4.69, 9.17) is 5.26 Å². The Morgan fingerprint density at radius 2 is 2.10 bits per heavy atom. The highest BCUT2D eigenvalue weighted by Crippen LogP contribution is 2.54. The summed E-state index contributed by atoms with van der Waals surface area (Å²) in [5.74, 6) is 0.0572. The fourth-order valence-corrected chi connectivity index (χ4v) is 4.70. The molecule has 1 aliphatic carbocycles. The first-order valence-corrected chi connectivity index (χ1v) is 10.1. The van der Waals surface area contributed by atoms with Crippen LogP contribution in [0.25, 0.3) is 16.8 Å². The van der Waals surface area contributed by atoms with Crippen molar-refractivity contribution in [2.24, 2.45) is 17.3 Å². The third-order valence-electron chi connectivity index (χ3n) is 6.38. The van der Waals surface area contributed by atoms with Crippen LogP contribution in [-0.2, 0) is 11.2 Å². The Morgan fingerprint density at radius 1 is 1.27 bits per heavy atom. The number of hydrogen-bond donors (Lipinski definition) is 0. The number of aromatic nitrogens is 3. The smallest absolute Gasteiger partial charge is 0.248 e. The number of nitrogens with zero attached hydrogens (tertiary/aromatic N) is 6. The van der Waals surface area contributed by atoms with Crippen molar-refractivity contribution in [3.8, 4) is 23.4 Å². The van der Waals surface area contributed by atoms with Crippen LogP contribution >= 0.6 is 0 Å². The van der Waals surface area contributed by atoms with Crippen molar-refractivity contribution in [1.82, 2.24) is 14.6 Å². The number of nitriles is 2. The van der Waals surface area contributed by atoms with E-state index in [-0.39, 0.29) is 24.2 Å². The Balaban J connectivity index is 1.57. The summed E-state index contributed by atoms with van der Waals surface area (Å²) in [6.07, 6.45) is 5.70. The second kappa shape index (κ2) is 6.67. The normalized spacial score (nSPS) is 23.5. The number of amides is 1. The van der Waals surface area contributed by atoms with Crippen LogP contribution in [0.4, 0.5) is 5.69 Å². The zero-order chi connectivity index (χ0) is 20.9. The largest absolute Gasteiger partial charge is 0.309 e. The number of carbonyl (C=O) groups is 1. The monoisotopic (exact) mass is 396 g/mol. The van der Waals surface area contributed by atoms with Gasteiger partial charge < -0.3 is 4.90 Å². The summed E-state index contributed by atoms with van der Waals surface area (Å²) in [4.78, 5) is 19.7. The lowest BCUT2D eigenvalue weighted by Crippen LogP contribution is -2.37. The van der Waals surface area contributed by atoms with Gasteiger partial charge in [-0.05, 0) is 43.0 Å². The van der Waals surface area contributed by atoms with Crippen molar-refractivity contribution in [2.45, 2.75) is 26.2 Å². The fraction of sp³-hybridized carbons (Fsp3) is 0.348. The van der Waals surface area contributed by atoms with E-state index in [1.807, 2.05) is 43.5 Å². The molecular weight excluding hydrogens is 376 g/mol. The van der Waals surface area contributed by atoms with E-state index in [1.54, 1.807) is 15.6 Å². The molecule has 2 aliphatic rings. The third kappa shape index (κ3) is 2.59. The molecule has 4 heterocycles. The molecule has 2 atom stereocenters. The summed E-state index contributed by atoms with van der Waals surface area (Å²) in [5, 5.41) is 23.3. The van der Waals surface area contributed by atoms with Crippen molar-refractivity contribution >= 4 is 17.1 Å². The lowest BCUT2D eigenvalue weighted by Gasteiger charge is -2.23. The molecule has 0 bridgehead atoms. The van der Waals surface area contributed by atoms with E-state index >= 15 is 0 Å². The van der Waals surface area contributed by atoms with Gasteiger partial charge in [-0.3, -0.25) is 9.78 Å². The second-order valence-corrected chi connectivity index (χ2v) is 8.20. The van der Waals surface area contributed by atoms with Crippen molar-refractivity contribution < 1.29 is 4.79 Å². The predicted octanol–water partition coefficient (Wildman–Crippen LogP) is 3.37. The molecule has 0 radical (unpaired) electrons. The summed E-state index contributed by atoms with van der Waals surface area (Å²) >= 11 is 0. The average Bonchev–Trinajstić information content (AvgIpc) is 3.44. The number of hydrogen-bond acceptors (Lipinski definition) is 5. The number of pyridine rings is 1. The highest BCUT2D eigenvalue weighted by molar-refractivity contribution is 6.05. The van der Waals surface area contributed by atoms with Gasteiger partial charge in [0.05, 0.1) is 41.2 Å². The highest BCUT2D eigenvalue weighted by Gasteiger charge is 2.61. The first-order chi connectivity index (χ1) is 14.6. The molecule has 0 N–H and O–H groups in total. The van der Waals surface area contributed by atoms with Gasteiger partial charge in [0.2, 0.25) is 5.91 Å². The van der Waals surface area contributed by atoms with Crippen LogP contribution in [0.1, 0.15) is 25.5 Å². The van der Waals surface area contributed by atoms with Crippen LogP contribution in [0.3, 0.4) is 0 Å². The highest BCUT2D eigenvalue weighted by atomic mass is 16.2. The summed E-state index contributed by atoms with van der Waals surface area (Å²) in [6.45, 7) is 2.53. The molecule has 0 unspecified atom stereocenters. The van der Waals surface area contributed by atoms with Crippen LogP contribution in [-0.4, -0.2) is 27.0 Å².